The molecule has 0 heterocycles. The minimum atomic E-state index is -0.773. The van der Waals surface area contributed by atoms with Crippen molar-refractivity contribution in [1.82, 2.24) is 0 Å². The molecule has 0 aliphatic carbocycles. The summed E-state index contributed by atoms with van der Waals surface area (Å²) in [4.78, 5) is 22.7. The van der Waals surface area contributed by atoms with Crippen molar-refractivity contribution in [2.24, 2.45) is 0 Å². The Balaban J connectivity index is 2.35. The first-order valence-electron chi connectivity index (χ1n) is 7.59. The number of nitriles is 1. The maximum absolute atomic E-state index is 12.4. The Bertz CT molecular complexity index is 1020. The van der Waals surface area contributed by atoms with Gasteiger partial charge in [0.25, 0.3) is 11.6 Å². The van der Waals surface area contributed by atoms with E-state index in [9.17, 15) is 20.2 Å². The van der Waals surface area contributed by atoms with Crippen molar-refractivity contribution in [2.45, 2.75) is 0 Å². The van der Waals surface area contributed by atoms with E-state index in [1.54, 1.807) is 6.07 Å². The summed E-state index contributed by atoms with van der Waals surface area (Å²) < 4.78 is 10.3. The number of carbonyl (C=O) groups excluding carboxylic acids is 1. The number of amides is 1. The van der Waals surface area contributed by atoms with E-state index in [0.717, 1.165) is 6.07 Å². The molecule has 0 aromatic heterocycles. The molecule has 0 saturated heterocycles. The van der Waals surface area contributed by atoms with Crippen LogP contribution >= 0.6 is 23.2 Å². The van der Waals surface area contributed by atoms with E-state index in [4.69, 9.17) is 32.7 Å². The van der Waals surface area contributed by atoms with Crippen LogP contribution in [0.25, 0.3) is 6.08 Å². The van der Waals surface area contributed by atoms with E-state index < -0.39 is 10.8 Å². The van der Waals surface area contributed by atoms with E-state index in [-0.39, 0.29) is 27.0 Å². The average molecular weight is 422 g/mol. The van der Waals surface area contributed by atoms with Crippen molar-refractivity contribution in [3.63, 3.8) is 0 Å². The molecule has 10 heteroatoms. The van der Waals surface area contributed by atoms with Crippen molar-refractivity contribution in [3.05, 3.63) is 61.6 Å². The molecular formula is C18H13Cl2N3O5. The summed E-state index contributed by atoms with van der Waals surface area (Å²) in [6, 6.07) is 8.52. The summed E-state index contributed by atoms with van der Waals surface area (Å²) >= 11 is 11.9. The topological polar surface area (TPSA) is 114 Å². The maximum Gasteiger partial charge on any atom is 0.289 e. The zero-order valence-corrected chi connectivity index (χ0v) is 16.2. The highest BCUT2D eigenvalue weighted by molar-refractivity contribution is 6.33. The molecule has 2 rings (SSSR count). The second-order valence-electron chi connectivity index (χ2n) is 5.28. The molecule has 8 nitrogen and oxygen atoms in total. The fourth-order valence-corrected chi connectivity index (χ4v) is 2.61. The molecule has 0 aliphatic heterocycles. The number of methoxy groups -OCH3 is 2. The second-order valence-corrected chi connectivity index (χ2v) is 6.09. The van der Waals surface area contributed by atoms with Crippen LogP contribution in [0.3, 0.4) is 0 Å². The highest BCUT2D eigenvalue weighted by Gasteiger charge is 2.17. The van der Waals surface area contributed by atoms with Gasteiger partial charge in [-0.05, 0) is 29.8 Å². The Morgan fingerprint density at radius 3 is 2.39 bits per heavy atom. The lowest BCUT2D eigenvalue weighted by Gasteiger charge is -2.10. The SMILES string of the molecule is COc1cc(Cl)c(C=C(C#N)C(=O)Nc2ccc(Cl)c([N+](=O)[O-])c2)cc1OC. The van der Waals surface area contributed by atoms with E-state index in [1.807, 2.05) is 0 Å². The normalized spacial score (nSPS) is 10.8. The van der Waals surface area contributed by atoms with Gasteiger partial charge in [0.2, 0.25) is 0 Å². The monoisotopic (exact) mass is 421 g/mol. The number of ether oxygens (including phenoxy) is 2. The Morgan fingerprint density at radius 2 is 1.82 bits per heavy atom. The van der Waals surface area contributed by atoms with Gasteiger partial charge in [0.05, 0.1) is 24.2 Å². The van der Waals surface area contributed by atoms with Crippen molar-refractivity contribution in [3.8, 4) is 17.6 Å². The molecule has 0 saturated carbocycles. The van der Waals surface area contributed by atoms with Gasteiger partial charge in [0, 0.05) is 17.8 Å². The number of halogens is 2. The molecule has 2 aromatic carbocycles. The van der Waals surface area contributed by atoms with E-state index >= 15 is 0 Å². The third-order valence-corrected chi connectivity index (χ3v) is 4.22. The number of anilines is 1. The molecule has 0 unspecified atom stereocenters. The molecule has 1 amide bonds. The third kappa shape index (κ3) is 4.71. The molecular weight excluding hydrogens is 409 g/mol. The highest BCUT2D eigenvalue weighted by Crippen LogP contribution is 2.34. The Kier molecular flexibility index (Phi) is 6.82. The summed E-state index contributed by atoms with van der Waals surface area (Å²) in [5, 5.41) is 22.9. The van der Waals surface area contributed by atoms with Crippen LogP contribution in [0.1, 0.15) is 5.56 Å². The number of nitrogens with one attached hydrogen (secondary N) is 1. The van der Waals surface area contributed by atoms with E-state index in [1.165, 1.54) is 44.6 Å². The predicted octanol–water partition coefficient (Wildman–Crippen LogP) is 4.46. The van der Waals surface area contributed by atoms with Gasteiger partial charge >= 0.3 is 0 Å². The van der Waals surface area contributed by atoms with Gasteiger partial charge < -0.3 is 14.8 Å². The maximum atomic E-state index is 12.4. The number of hydrogen-bond acceptors (Lipinski definition) is 6. The van der Waals surface area contributed by atoms with Crippen LogP contribution in [0, 0.1) is 21.4 Å². The average Bonchev–Trinajstić information content (AvgIpc) is 2.67. The molecule has 28 heavy (non-hydrogen) atoms. The summed E-state index contributed by atoms with van der Waals surface area (Å²) in [5.74, 6) is -0.0183. The lowest BCUT2D eigenvalue weighted by Crippen LogP contribution is -2.13. The first kappa shape index (κ1) is 21.0. The van der Waals surface area contributed by atoms with Gasteiger partial charge in [-0.1, -0.05) is 23.2 Å². The number of carbonyl (C=O) groups is 1. The molecule has 0 bridgehead atoms. The van der Waals surface area contributed by atoms with Crippen LogP contribution in [-0.4, -0.2) is 25.1 Å². The van der Waals surface area contributed by atoms with Gasteiger partial charge in [-0.15, -0.1) is 0 Å². The van der Waals surface area contributed by atoms with Crippen LogP contribution in [0.4, 0.5) is 11.4 Å². The minimum absolute atomic E-state index is 0.0730. The van der Waals surface area contributed by atoms with Crippen LogP contribution in [0.15, 0.2) is 35.9 Å². The number of rotatable bonds is 6. The van der Waals surface area contributed by atoms with Crippen LogP contribution in [0.5, 0.6) is 11.5 Å². The molecule has 0 radical (unpaired) electrons. The largest absolute Gasteiger partial charge is 0.493 e. The first-order valence-corrected chi connectivity index (χ1v) is 8.35. The number of nitro benzene ring substituents is 1. The minimum Gasteiger partial charge on any atom is -0.493 e. The number of benzene rings is 2. The first-order chi connectivity index (χ1) is 13.3. The fraction of sp³-hybridized carbons (Fsp3) is 0.111. The third-order valence-electron chi connectivity index (χ3n) is 3.57. The van der Waals surface area contributed by atoms with E-state index in [0.29, 0.717) is 17.1 Å². The fourth-order valence-electron chi connectivity index (χ4n) is 2.21. The Hall–Kier alpha value is -3.28. The summed E-state index contributed by atoms with van der Waals surface area (Å²) in [5.41, 5.74) is -0.176. The molecule has 0 aliphatic rings. The smallest absolute Gasteiger partial charge is 0.289 e. The molecule has 0 atom stereocenters. The molecule has 144 valence electrons. The van der Waals surface area contributed by atoms with Crippen molar-refractivity contribution in [2.75, 3.05) is 19.5 Å². The van der Waals surface area contributed by atoms with E-state index in [2.05, 4.69) is 5.32 Å². The van der Waals surface area contributed by atoms with Crippen molar-refractivity contribution >= 4 is 46.6 Å². The summed E-state index contributed by atoms with van der Waals surface area (Å²) in [7, 11) is 2.88. The van der Waals surface area contributed by atoms with Gasteiger partial charge in [-0.25, -0.2) is 0 Å². The zero-order chi connectivity index (χ0) is 20.8. The molecule has 0 spiro atoms. The standard InChI is InChI=1S/C18H13Cl2N3O5/c1-27-16-6-10(14(20)8-17(16)28-2)5-11(9-21)18(24)22-12-3-4-13(19)15(7-12)23(25)26/h3-8H,1-2H3,(H,22,24). The lowest BCUT2D eigenvalue weighted by atomic mass is 10.1. The van der Waals surface area contributed by atoms with Gasteiger partial charge in [-0.3, -0.25) is 14.9 Å². The quantitative estimate of drug-likeness (QED) is 0.318. The van der Waals surface area contributed by atoms with Gasteiger partial charge in [0.15, 0.2) is 11.5 Å². The summed E-state index contributed by atoms with van der Waals surface area (Å²) in [6.45, 7) is 0. The lowest BCUT2D eigenvalue weighted by molar-refractivity contribution is -0.384. The second kappa shape index (κ2) is 9.08. The number of nitro groups is 1. The molecule has 1 N–H and O–H groups in total. The van der Waals surface area contributed by atoms with Gasteiger partial charge in [0.1, 0.15) is 16.7 Å². The van der Waals surface area contributed by atoms with Crippen LogP contribution in [0.2, 0.25) is 10.0 Å². The number of hydrogen-bond donors (Lipinski definition) is 1. The predicted molar refractivity (Wildman–Crippen MR) is 105 cm³/mol. The van der Waals surface area contributed by atoms with Crippen molar-refractivity contribution < 1.29 is 19.2 Å². The summed E-state index contributed by atoms with van der Waals surface area (Å²) in [6.07, 6.45) is 1.27. The Morgan fingerprint density at radius 1 is 1.18 bits per heavy atom. The van der Waals surface area contributed by atoms with Gasteiger partial charge in [-0.2, -0.15) is 5.26 Å². The van der Waals surface area contributed by atoms with Crippen molar-refractivity contribution in [1.29, 1.82) is 5.26 Å². The molecule has 0 fully saturated rings. The number of nitrogens with zero attached hydrogens (tertiary/aromatic N) is 2. The Labute approximate surface area is 170 Å². The zero-order valence-electron chi connectivity index (χ0n) is 14.7. The van der Waals surface area contributed by atoms with Crippen LogP contribution < -0.4 is 14.8 Å². The van der Waals surface area contributed by atoms with Crippen LogP contribution in [-0.2, 0) is 4.79 Å². The highest BCUT2D eigenvalue weighted by atomic mass is 35.5. The molecule has 2 aromatic rings.